The summed E-state index contributed by atoms with van der Waals surface area (Å²) in [5, 5.41) is 2.97. The molecule has 2 atom stereocenters. The van der Waals surface area contributed by atoms with Crippen LogP contribution < -0.4 is 5.32 Å². The predicted octanol–water partition coefficient (Wildman–Crippen LogP) is 0.624. The molecule has 1 amide bonds. The first-order chi connectivity index (χ1) is 5.77. The third-order valence-electron chi connectivity index (χ3n) is 2.82. The maximum Gasteiger partial charge on any atom is 0.253 e. The SMILES string of the molecule is Cn1ccc2c1C1CC1NC2=O. The van der Waals surface area contributed by atoms with Gasteiger partial charge in [0.1, 0.15) is 0 Å². The fourth-order valence-corrected chi connectivity index (χ4v) is 2.10. The van der Waals surface area contributed by atoms with Crippen LogP contribution in [-0.2, 0) is 7.05 Å². The Labute approximate surface area is 70.4 Å². The summed E-state index contributed by atoms with van der Waals surface area (Å²) in [6.45, 7) is 0. The Kier molecular flexibility index (Phi) is 0.908. The van der Waals surface area contributed by atoms with Gasteiger partial charge in [0.25, 0.3) is 5.91 Å². The smallest absolute Gasteiger partial charge is 0.253 e. The van der Waals surface area contributed by atoms with Gasteiger partial charge in [-0.15, -0.1) is 0 Å². The second-order valence-electron chi connectivity index (χ2n) is 3.65. The number of carbonyl (C=O) groups excluding carboxylic acids is 1. The number of amides is 1. The van der Waals surface area contributed by atoms with Crippen LogP contribution in [0.2, 0.25) is 0 Å². The van der Waals surface area contributed by atoms with Crippen molar-refractivity contribution in [1.29, 1.82) is 0 Å². The van der Waals surface area contributed by atoms with Crippen LogP contribution in [0.4, 0.5) is 0 Å². The average molecular weight is 162 g/mol. The van der Waals surface area contributed by atoms with Crippen molar-refractivity contribution in [2.24, 2.45) is 7.05 Å². The second-order valence-corrected chi connectivity index (χ2v) is 3.65. The molecule has 1 aromatic heterocycles. The molecule has 2 heterocycles. The van der Waals surface area contributed by atoms with Crippen molar-refractivity contribution in [2.75, 3.05) is 0 Å². The zero-order valence-corrected chi connectivity index (χ0v) is 6.87. The average Bonchev–Trinajstić information content (AvgIpc) is 2.68. The third kappa shape index (κ3) is 0.594. The van der Waals surface area contributed by atoms with Gasteiger partial charge >= 0.3 is 0 Å². The number of aromatic nitrogens is 1. The minimum absolute atomic E-state index is 0.101. The number of fused-ring (bicyclic) bond motifs is 3. The Morgan fingerprint density at radius 3 is 3.33 bits per heavy atom. The minimum atomic E-state index is 0.101. The molecule has 1 aliphatic carbocycles. The highest BCUT2D eigenvalue weighted by Crippen LogP contribution is 2.45. The highest BCUT2D eigenvalue weighted by atomic mass is 16.1. The lowest BCUT2D eigenvalue weighted by atomic mass is 10.1. The molecule has 1 saturated carbocycles. The van der Waals surface area contributed by atoms with E-state index < -0.39 is 0 Å². The molecule has 0 saturated heterocycles. The first kappa shape index (κ1) is 6.29. The van der Waals surface area contributed by atoms with E-state index in [4.69, 9.17) is 0 Å². The van der Waals surface area contributed by atoms with Gasteiger partial charge in [0.05, 0.1) is 5.56 Å². The maximum atomic E-state index is 11.4. The standard InChI is InChI=1S/C9H10N2O/c1-11-3-2-5-8(11)6-4-7(6)10-9(5)12/h2-3,6-7H,4H2,1H3,(H,10,12). The topological polar surface area (TPSA) is 34.0 Å². The van der Waals surface area contributed by atoms with E-state index in [1.165, 1.54) is 5.69 Å². The van der Waals surface area contributed by atoms with Crippen molar-refractivity contribution < 1.29 is 4.79 Å². The quantitative estimate of drug-likeness (QED) is 0.596. The van der Waals surface area contributed by atoms with Crippen LogP contribution in [-0.4, -0.2) is 16.5 Å². The number of nitrogens with zero attached hydrogens (tertiary/aromatic N) is 1. The molecular formula is C9H10N2O. The van der Waals surface area contributed by atoms with E-state index in [0.29, 0.717) is 12.0 Å². The largest absolute Gasteiger partial charge is 0.353 e. The Hall–Kier alpha value is -1.25. The molecule has 0 aromatic carbocycles. The molecular weight excluding hydrogens is 152 g/mol. The molecule has 2 aliphatic rings. The van der Waals surface area contributed by atoms with Crippen molar-refractivity contribution in [3.8, 4) is 0 Å². The van der Waals surface area contributed by atoms with E-state index in [0.717, 1.165) is 12.0 Å². The number of nitrogens with one attached hydrogen (secondary N) is 1. The fraction of sp³-hybridized carbons (Fsp3) is 0.444. The Bertz CT molecular complexity index is 367. The normalized spacial score (nSPS) is 30.6. The molecule has 3 nitrogen and oxygen atoms in total. The first-order valence-electron chi connectivity index (χ1n) is 4.23. The van der Waals surface area contributed by atoms with Crippen LogP contribution in [0.25, 0.3) is 0 Å². The second kappa shape index (κ2) is 1.73. The third-order valence-corrected chi connectivity index (χ3v) is 2.82. The highest BCUT2D eigenvalue weighted by Gasteiger charge is 2.46. The number of rotatable bonds is 0. The zero-order chi connectivity index (χ0) is 8.29. The predicted molar refractivity (Wildman–Crippen MR) is 44.0 cm³/mol. The van der Waals surface area contributed by atoms with Crippen LogP contribution in [0.1, 0.15) is 28.4 Å². The van der Waals surface area contributed by atoms with Crippen LogP contribution in [0.15, 0.2) is 12.3 Å². The lowest BCUT2D eigenvalue weighted by Gasteiger charge is -2.13. The molecule has 12 heavy (non-hydrogen) atoms. The summed E-state index contributed by atoms with van der Waals surface area (Å²) in [6.07, 6.45) is 3.08. The highest BCUT2D eigenvalue weighted by molar-refractivity contribution is 5.98. The molecule has 3 rings (SSSR count). The molecule has 0 spiro atoms. The maximum absolute atomic E-state index is 11.4. The van der Waals surface area contributed by atoms with Gasteiger partial charge in [-0.25, -0.2) is 0 Å². The molecule has 0 radical (unpaired) electrons. The molecule has 1 fully saturated rings. The summed E-state index contributed by atoms with van der Waals surface area (Å²) in [6, 6.07) is 2.33. The van der Waals surface area contributed by atoms with Gasteiger partial charge in [-0.3, -0.25) is 4.79 Å². The molecule has 2 unspecified atom stereocenters. The minimum Gasteiger partial charge on any atom is -0.353 e. The van der Waals surface area contributed by atoms with E-state index in [1.807, 2.05) is 19.3 Å². The Morgan fingerprint density at radius 2 is 2.50 bits per heavy atom. The van der Waals surface area contributed by atoms with E-state index in [2.05, 4.69) is 9.88 Å². The summed E-state index contributed by atoms with van der Waals surface area (Å²) in [7, 11) is 2.01. The van der Waals surface area contributed by atoms with Gasteiger partial charge in [-0.1, -0.05) is 0 Å². The van der Waals surface area contributed by atoms with Gasteiger partial charge in [0, 0.05) is 30.9 Å². The Balaban J connectivity index is 2.24. The van der Waals surface area contributed by atoms with Crippen molar-refractivity contribution in [3.05, 3.63) is 23.5 Å². The summed E-state index contributed by atoms with van der Waals surface area (Å²) >= 11 is 0. The molecule has 62 valence electrons. The lowest BCUT2D eigenvalue weighted by molar-refractivity contribution is 0.0943. The van der Waals surface area contributed by atoms with Crippen molar-refractivity contribution >= 4 is 5.91 Å². The van der Waals surface area contributed by atoms with Gasteiger partial charge in [0.15, 0.2) is 0 Å². The molecule has 1 N–H and O–H groups in total. The summed E-state index contributed by atoms with van der Waals surface area (Å²) in [4.78, 5) is 11.4. The van der Waals surface area contributed by atoms with Crippen LogP contribution in [0.3, 0.4) is 0 Å². The van der Waals surface area contributed by atoms with E-state index in [-0.39, 0.29) is 5.91 Å². The monoisotopic (exact) mass is 162 g/mol. The molecule has 3 heteroatoms. The van der Waals surface area contributed by atoms with Gasteiger partial charge in [-0.05, 0) is 12.5 Å². The van der Waals surface area contributed by atoms with Crippen LogP contribution in [0.5, 0.6) is 0 Å². The first-order valence-corrected chi connectivity index (χ1v) is 4.23. The van der Waals surface area contributed by atoms with E-state index in [1.54, 1.807) is 0 Å². The van der Waals surface area contributed by atoms with Crippen molar-refractivity contribution in [3.63, 3.8) is 0 Å². The number of hydrogen-bond donors (Lipinski definition) is 1. The zero-order valence-electron chi connectivity index (χ0n) is 6.87. The fourth-order valence-electron chi connectivity index (χ4n) is 2.10. The van der Waals surface area contributed by atoms with E-state index >= 15 is 0 Å². The van der Waals surface area contributed by atoms with Crippen molar-refractivity contribution in [2.45, 2.75) is 18.4 Å². The van der Waals surface area contributed by atoms with Gasteiger partial charge < -0.3 is 9.88 Å². The summed E-state index contributed by atoms with van der Waals surface area (Å²) in [5.41, 5.74) is 2.10. The van der Waals surface area contributed by atoms with Gasteiger partial charge in [-0.2, -0.15) is 0 Å². The number of aryl methyl sites for hydroxylation is 1. The molecule has 1 aliphatic heterocycles. The number of carbonyl (C=O) groups is 1. The summed E-state index contributed by atoms with van der Waals surface area (Å²) in [5.74, 6) is 0.696. The molecule has 1 aromatic rings. The lowest BCUT2D eigenvalue weighted by Crippen LogP contribution is -2.31. The van der Waals surface area contributed by atoms with Crippen LogP contribution >= 0.6 is 0 Å². The van der Waals surface area contributed by atoms with Crippen LogP contribution in [0, 0.1) is 0 Å². The van der Waals surface area contributed by atoms with E-state index in [9.17, 15) is 4.79 Å². The number of hydrogen-bond acceptors (Lipinski definition) is 1. The molecule has 0 bridgehead atoms. The summed E-state index contributed by atoms with van der Waals surface area (Å²) < 4.78 is 2.07. The van der Waals surface area contributed by atoms with Gasteiger partial charge in [0.2, 0.25) is 0 Å². The van der Waals surface area contributed by atoms with Crippen molar-refractivity contribution in [1.82, 2.24) is 9.88 Å². The Morgan fingerprint density at radius 1 is 1.67 bits per heavy atom.